The Morgan fingerprint density at radius 3 is 1.42 bits per heavy atom. The van der Waals surface area contributed by atoms with Gasteiger partial charge in [-0.15, -0.1) is 0 Å². The summed E-state index contributed by atoms with van der Waals surface area (Å²) in [5, 5.41) is 0. The van der Waals surface area contributed by atoms with E-state index in [2.05, 4.69) is 11.3 Å². The SMILES string of the molecule is C=C(C)C(=O)OC(F)(F)C(F)(F)C(F)(F)C(F)(F)C(F)(F)C(F)(F)CCCC(F)(F)F. The maximum Gasteiger partial charge on any atom is 0.473 e. The van der Waals surface area contributed by atoms with Gasteiger partial charge in [-0.25, -0.2) is 4.79 Å². The van der Waals surface area contributed by atoms with Crippen molar-refractivity contribution in [3.63, 3.8) is 0 Å². The Labute approximate surface area is 163 Å². The summed E-state index contributed by atoms with van der Waals surface area (Å²) in [5.74, 6) is -40.3. The van der Waals surface area contributed by atoms with Gasteiger partial charge in [0, 0.05) is 18.4 Å². The molecular weight excluding hydrogens is 485 g/mol. The Bertz CT molecular complexity index is 678. The van der Waals surface area contributed by atoms with Crippen molar-refractivity contribution in [3.05, 3.63) is 12.2 Å². The van der Waals surface area contributed by atoms with Crippen molar-refractivity contribution in [2.24, 2.45) is 0 Å². The minimum Gasteiger partial charge on any atom is -0.393 e. The third-order valence-electron chi connectivity index (χ3n) is 3.53. The van der Waals surface area contributed by atoms with Gasteiger partial charge in [0.2, 0.25) is 0 Å². The minimum absolute atomic E-state index is 0.499. The Morgan fingerprint density at radius 1 is 0.677 bits per heavy atom. The van der Waals surface area contributed by atoms with Gasteiger partial charge in [0.25, 0.3) is 0 Å². The molecule has 0 heterocycles. The highest BCUT2D eigenvalue weighted by atomic mass is 19.4. The number of esters is 1. The molecule has 184 valence electrons. The number of alkyl halides is 15. The van der Waals surface area contributed by atoms with Gasteiger partial charge in [0.1, 0.15) is 0 Å². The van der Waals surface area contributed by atoms with E-state index in [1.54, 1.807) is 0 Å². The molecule has 0 aliphatic rings. The first-order valence-corrected chi connectivity index (χ1v) is 7.51. The molecule has 31 heavy (non-hydrogen) atoms. The molecule has 0 saturated carbocycles. The van der Waals surface area contributed by atoms with Crippen LogP contribution in [0.2, 0.25) is 0 Å². The minimum atomic E-state index is -8.00. The number of halogens is 15. The van der Waals surface area contributed by atoms with Crippen LogP contribution in [-0.2, 0) is 9.53 Å². The molecule has 0 aliphatic heterocycles. The number of rotatable bonds is 10. The van der Waals surface area contributed by atoms with Gasteiger partial charge in [0.05, 0.1) is 0 Å². The van der Waals surface area contributed by atoms with E-state index in [-0.39, 0.29) is 0 Å². The van der Waals surface area contributed by atoms with Crippen molar-refractivity contribution in [3.8, 4) is 0 Å². The fraction of sp³-hybridized carbons (Fsp3) is 0.786. The lowest BCUT2D eigenvalue weighted by molar-refractivity contribution is -0.451. The fourth-order valence-corrected chi connectivity index (χ4v) is 1.74. The molecule has 0 radical (unpaired) electrons. The van der Waals surface area contributed by atoms with Crippen LogP contribution >= 0.6 is 0 Å². The first kappa shape index (κ1) is 29.2. The summed E-state index contributed by atoms with van der Waals surface area (Å²) < 4.78 is 199. The highest BCUT2D eigenvalue weighted by Gasteiger charge is 2.91. The highest BCUT2D eigenvalue weighted by Crippen LogP contribution is 2.60. The first-order chi connectivity index (χ1) is 13.3. The highest BCUT2D eigenvalue weighted by molar-refractivity contribution is 5.87. The second kappa shape index (κ2) is 8.26. The van der Waals surface area contributed by atoms with Crippen molar-refractivity contribution in [2.75, 3.05) is 0 Å². The molecule has 0 unspecified atom stereocenters. The number of hydrogen-bond donors (Lipinski definition) is 0. The standard InChI is InChI=1S/C14H11F15O2/c1-6(2)7(30)31-14(28,29)13(26,27)12(24,25)11(22,23)10(20,21)8(15,16)4-3-5-9(17,18)19/h1,3-5H2,2H3. The van der Waals surface area contributed by atoms with Crippen LogP contribution in [0, 0.1) is 0 Å². The second-order valence-electron chi connectivity index (χ2n) is 6.16. The van der Waals surface area contributed by atoms with Crippen molar-refractivity contribution in [2.45, 2.75) is 68.1 Å². The summed E-state index contributed by atoms with van der Waals surface area (Å²) in [6, 6.07) is 0. The van der Waals surface area contributed by atoms with Crippen molar-refractivity contribution in [1.29, 1.82) is 0 Å². The van der Waals surface area contributed by atoms with Gasteiger partial charge in [-0.05, 0) is 13.3 Å². The number of hydrogen-bond acceptors (Lipinski definition) is 2. The van der Waals surface area contributed by atoms with Crippen LogP contribution in [0.4, 0.5) is 65.9 Å². The molecule has 0 aromatic carbocycles. The molecule has 0 spiro atoms. The molecule has 0 fully saturated rings. The van der Waals surface area contributed by atoms with Crippen LogP contribution in [0.15, 0.2) is 12.2 Å². The Hall–Kier alpha value is -1.84. The maximum absolute atomic E-state index is 13.5. The Kier molecular flexibility index (Phi) is 7.77. The summed E-state index contributed by atoms with van der Waals surface area (Å²) >= 11 is 0. The van der Waals surface area contributed by atoms with Crippen LogP contribution in [0.5, 0.6) is 0 Å². The van der Waals surface area contributed by atoms with Crippen LogP contribution in [0.25, 0.3) is 0 Å². The number of carbonyl (C=O) groups is 1. The maximum atomic E-state index is 13.5. The quantitative estimate of drug-likeness (QED) is 0.193. The normalized spacial score (nSPS) is 15.1. The third-order valence-corrected chi connectivity index (χ3v) is 3.53. The molecule has 0 bridgehead atoms. The molecule has 0 aliphatic carbocycles. The van der Waals surface area contributed by atoms with Gasteiger partial charge in [-0.3, -0.25) is 0 Å². The van der Waals surface area contributed by atoms with Gasteiger partial charge in [0.15, 0.2) is 0 Å². The molecule has 0 aromatic rings. The van der Waals surface area contributed by atoms with E-state index in [1.165, 1.54) is 0 Å². The van der Waals surface area contributed by atoms with E-state index in [0.29, 0.717) is 6.92 Å². The fourth-order valence-electron chi connectivity index (χ4n) is 1.74. The average molecular weight is 496 g/mol. The molecule has 0 N–H and O–H groups in total. The van der Waals surface area contributed by atoms with E-state index in [4.69, 9.17) is 0 Å². The lowest BCUT2D eigenvalue weighted by Gasteiger charge is -2.40. The largest absolute Gasteiger partial charge is 0.473 e. The molecule has 0 atom stereocenters. The van der Waals surface area contributed by atoms with E-state index >= 15 is 0 Å². The summed E-state index contributed by atoms with van der Waals surface area (Å²) in [4.78, 5) is 10.8. The second-order valence-corrected chi connectivity index (χ2v) is 6.16. The zero-order chi connectivity index (χ0) is 25.5. The summed E-state index contributed by atoms with van der Waals surface area (Å²) in [7, 11) is 0. The molecule has 17 heteroatoms. The van der Waals surface area contributed by atoms with Crippen molar-refractivity contribution in [1.82, 2.24) is 0 Å². The van der Waals surface area contributed by atoms with Gasteiger partial charge >= 0.3 is 47.9 Å². The van der Waals surface area contributed by atoms with Crippen LogP contribution < -0.4 is 0 Å². The molecule has 0 amide bonds. The first-order valence-electron chi connectivity index (χ1n) is 7.51. The van der Waals surface area contributed by atoms with Crippen LogP contribution in [0.3, 0.4) is 0 Å². The van der Waals surface area contributed by atoms with Gasteiger partial charge in [-0.2, -0.15) is 65.9 Å². The molecule has 2 nitrogen and oxygen atoms in total. The van der Waals surface area contributed by atoms with E-state index in [9.17, 15) is 70.7 Å². The van der Waals surface area contributed by atoms with E-state index < -0.39 is 72.7 Å². The number of ether oxygens (including phenoxy) is 1. The van der Waals surface area contributed by atoms with Crippen LogP contribution in [0.1, 0.15) is 26.2 Å². The molecule has 0 saturated heterocycles. The molecular formula is C14H11F15O2. The predicted octanol–water partition coefficient (Wildman–Crippen LogP) is 6.61. The van der Waals surface area contributed by atoms with Crippen LogP contribution in [-0.4, -0.2) is 47.9 Å². The van der Waals surface area contributed by atoms with Crippen molar-refractivity contribution < 1.29 is 75.4 Å². The summed E-state index contributed by atoms with van der Waals surface area (Å²) in [5.41, 5.74) is -1.16. The van der Waals surface area contributed by atoms with Crippen molar-refractivity contribution >= 4 is 5.97 Å². The third kappa shape index (κ3) is 5.32. The van der Waals surface area contributed by atoms with E-state index in [0.717, 1.165) is 0 Å². The van der Waals surface area contributed by atoms with Gasteiger partial charge in [-0.1, -0.05) is 6.58 Å². The smallest absolute Gasteiger partial charge is 0.393 e. The van der Waals surface area contributed by atoms with Gasteiger partial charge < -0.3 is 4.74 Å². The van der Waals surface area contributed by atoms with E-state index in [1.807, 2.05) is 0 Å². The summed E-state index contributed by atoms with van der Waals surface area (Å²) in [6.07, 6.45) is -19.3. The Balaban J connectivity index is 6.12. The zero-order valence-electron chi connectivity index (χ0n) is 14.8. The topological polar surface area (TPSA) is 26.3 Å². The Morgan fingerprint density at radius 2 is 1.06 bits per heavy atom. The lowest BCUT2D eigenvalue weighted by atomic mass is 9.91. The average Bonchev–Trinajstić information content (AvgIpc) is 2.51. The zero-order valence-corrected chi connectivity index (χ0v) is 14.8. The summed E-state index contributed by atoms with van der Waals surface area (Å²) in [6.45, 7) is 3.06. The number of carbonyl (C=O) groups excluding carboxylic acids is 1. The molecule has 0 aromatic heterocycles. The predicted molar refractivity (Wildman–Crippen MR) is 70.5 cm³/mol. The monoisotopic (exact) mass is 496 g/mol. The molecule has 0 rings (SSSR count). The lowest BCUT2D eigenvalue weighted by Crippen LogP contribution is -2.71.